The van der Waals surface area contributed by atoms with E-state index in [1.54, 1.807) is 18.2 Å². The lowest BCUT2D eigenvalue weighted by molar-refractivity contribution is 0.0786. The quantitative estimate of drug-likeness (QED) is 0.832. The third-order valence-electron chi connectivity index (χ3n) is 5.21. The number of amides is 1. The van der Waals surface area contributed by atoms with Crippen LogP contribution in [0, 0.1) is 12.7 Å². The van der Waals surface area contributed by atoms with Gasteiger partial charge in [0.25, 0.3) is 5.91 Å². The topological polar surface area (TPSA) is 52.6 Å². The number of halogens is 1. The van der Waals surface area contributed by atoms with Crippen molar-refractivity contribution < 1.29 is 9.18 Å². The maximum absolute atomic E-state index is 14.0. The first-order chi connectivity index (χ1) is 13.1. The minimum atomic E-state index is -0.198. The highest BCUT2D eigenvalue weighted by Gasteiger charge is 2.25. The van der Waals surface area contributed by atoms with Crippen molar-refractivity contribution in [1.82, 2.24) is 14.9 Å². The Morgan fingerprint density at radius 1 is 0.963 bits per heavy atom. The van der Waals surface area contributed by atoms with E-state index in [4.69, 9.17) is 0 Å². The molecule has 0 spiro atoms. The summed E-state index contributed by atoms with van der Waals surface area (Å²) < 4.78 is 14.0. The van der Waals surface area contributed by atoms with Gasteiger partial charge in [-0.15, -0.1) is 0 Å². The standard InChI is InChI=1S/C20H24FN5O/c1-15-14-17(19(27)25-8-4-5-9-25)23-20(22-15)26-12-10-24(11-13-26)18-7-3-2-6-16(18)21/h2-3,6-7,14H,4-5,8-13H2,1H3. The second kappa shape index (κ2) is 7.50. The molecule has 2 aromatic rings. The fourth-order valence-electron chi connectivity index (χ4n) is 3.74. The van der Waals surface area contributed by atoms with Gasteiger partial charge in [-0.05, 0) is 38.0 Å². The van der Waals surface area contributed by atoms with E-state index in [0.717, 1.165) is 31.6 Å². The van der Waals surface area contributed by atoms with Crippen LogP contribution < -0.4 is 9.80 Å². The van der Waals surface area contributed by atoms with Crippen molar-refractivity contribution in [1.29, 1.82) is 0 Å². The molecule has 4 rings (SSSR count). The van der Waals surface area contributed by atoms with Crippen molar-refractivity contribution in [3.63, 3.8) is 0 Å². The highest BCUT2D eigenvalue weighted by Crippen LogP contribution is 2.22. The van der Waals surface area contributed by atoms with Crippen molar-refractivity contribution in [3.8, 4) is 0 Å². The molecular weight excluding hydrogens is 345 g/mol. The van der Waals surface area contributed by atoms with Crippen LogP contribution >= 0.6 is 0 Å². The van der Waals surface area contributed by atoms with Gasteiger partial charge in [0.2, 0.25) is 5.95 Å². The molecule has 0 atom stereocenters. The molecule has 2 fully saturated rings. The maximum Gasteiger partial charge on any atom is 0.272 e. The number of benzene rings is 1. The number of nitrogens with zero attached hydrogens (tertiary/aromatic N) is 5. The zero-order valence-electron chi connectivity index (χ0n) is 15.6. The molecule has 1 amide bonds. The fourth-order valence-corrected chi connectivity index (χ4v) is 3.74. The number of rotatable bonds is 3. The summed E-state index contributed by atoms with van der Waals surface area (Å²) in [4.78, 5) is 27.7. The van der Waals surface area contributed by atoms with Crippen molar-refractivity contribution in [3.05, 3.63) is 47.5 Å². The average molecular weight is 369 g/mol. The van der Waals surface area contributed by atoms with Gasteiger partial charge in [0, 0.05) is 45.0 Å². The molecule has 6 nitrogen and oxygen atoms in total. The minimum absolute atomic E-state index is 0.00996. The van der Waals surface area contributed by atoms with Gasteiger partial charge in [0.05, 0.1) is 5.69 Å². The lowest BCUT2D eigenvalue weighted by Crippen LogP contribution is -2.47. The first-order valence-corrected chi connectivity index (χ1v) is 9.51. The summed E-state index contributed by atoms with van der Waals surface area (Å²) in [6.07, 6.45) is 2.11. The van der Waals surface area contributed by atoms with Crippen LogP contribution in [0.1, 0.15) is 29.0 Å². The van der Waals surface area contributed by atoms with Crippen molar-refractivity contribution in [2.24, 2.45) is 0 Å². The van der Waals surface area contributed by atoms with Gasteiger partial charge in [-0.25, -0.2) is 14.4 Å². The number of likely N-dealkylation sites (tertiary alicyclic amines) is 1. The van der Waals surface area contributed by atoms with E-state index in [2.05, 4.69) is 14.9 Å². The Labute approximate surface area is 158 Å². The summed E-state index contributed by atoms with van der Waals surface area (Å²) in [5.74, 6) is 0.381. The highest BCUT2D eigenvalue weighted by atomic mass is 19.1. The number of aromatic nitrogens is 2. The van der Waals surface area contributed by atoms with E-state index in [9.17, 15) is 9.18 Å². The van der Waals surface area contributed by atoms with Crippen LogP contribution in [-0.2, 0) is 0 Å². The van der Waals surface area contributed by atoms with Crippen molar-refractivity contribution in [2.45, 2.75) is 19.8 Å². The third-order valence-corrected chi connectivity index (χ3v) is 5.21. The third kappa shape index (κ3) is 3.72. The van der Waals surface area contributed by atoms with E-state index in [-0.39, 0.29) is 11.7 Å². The van der Waals surface area contributed by atoms with Crippen LogP contribution in [0.15, 0.2) is 30.3 Å². The Kier molecular flexibility index (Phi) is 4.92. The van der Waals surface area contributed by atoms with Crippen LogP contribution in [0.5, 0.6) is 0 Å². The second-order valence-electron chi connectivity index (χ2n) is 7.12. The molecule has 2 saturated heterocycles. The van der Waals surface area contributed by atoms with E-state index < -0.39 is 0 Å². The van der Waals surface area contributed by atoms with Gasteiger partial charge in [-0.1, -0.05) is 12.1 Å². The van der Waals surface area contributed by atoms with Gasteiger partial charge in [-0.3, -0.25) is 4.79 Å². The molecule has 1 aromatic carbocycles. The zero-order valence-corrected chi connectivity index (χ0v) is 15.6. The summed E-state index contributed by atoms with van der Waals surface area (Å²) in [6, 6.07) is 8.61. The van der Waals surface area contributed by atoms with Crippen LogP contribution in [0.25, 0.3) is 0 Å². The zero-order chi connectivity index (χ0) is 18.8. The highest BCUT2D eigenvalue weighted by molar-refractivity contribution is 5.92. The van der Waals surface area contributed by atoms with Crippen LogP contribution in [0.3, 0.4) is 0 Å². The summed E-state index contributed by atoms with van der Waals surface area (Å²) in [7, 11) is 0. The average Bonchev–Trinajstić information content (AvgIpc) is 3.22. The molecule has 0 aliphatic carbocycles. The summed E-state index contributed by atoms with van der Waals surface area (Å²) in [5.41, 5.74) is 1.89. The molecule has 0 radical (unpaired) electrons. The molecule has 3 heterocycles. The molecule has 0 unspecified atom stereocenters. The lowest BCUT2D eigenvalue weighted by atomic mass is 10.2. The van der Waals surface area contributed by atoms with Gasteiger partial charge in [-0.2, -0.15) is 0 Å². The number of para-hydroxylation sites is 1. The molecular formula is C20H24FN5O. The van der Waals surface area contributed by atoms with Crippen LogP contribution in [-0.4, -0.2) is 60.0 Å². The van der Waals surface area contributed by atoms with Crippen molar-refractivity contribution >= 4 is 17.5 Å². The van der Waals surface area contributed by atoms with E-state index in [0.29, 0.717) is 43.5 Å². The molecule has 2 aliphatic rings. The minimum Gasteiger partial charge on any atom is -0.366 e. The van der Waals surface area contributed by atoms with Crippen LogP contribution in [0.2, 0.25) is 0 Å². The number of piperazine rings is 1. The fraction of sp³-hybridized carbons (Fsp3) is 0.450. The number of hydrogen-bond acceptors (Lipinski definition) is 5. The molecule has 0 N–H and O–H groups in total. The molecule has 2 aliphatic heterocycles. The number of carbonyl (C=O) groups excluding carboxylic acids is 1. The predicted molar refractivity (Wildman–Crippen MR) is 103 cm³/mol. The molecule has 142 valence electrons. The Morgan fingerprint density at radius 3 is 2.33 bits per heavy atom. The normalized spacial score (nSPS) is 17.5. The molecule has 0 saturated carbocycles. The maximum atomic E-state index is 14.0. The number of aryl methyl sites for hydroxylation is 1. The number of anilines is 2. The first-order valence-electron chi connectivity index (χ1n) is 9.51. The van der Waals surface area contributed by atoms with E-state index in [1.165, 1.54) is 6.07 Å². The monoisotopic (exact) mass is 369 g/mol. The summed E-state index contributed by atoms with van der Waals surface area (Å²) in [6.45, 7) is 6.25. The Balaban J connectivity index is 1.48. The number of carbonyl (C=O) groups is 1. The molecule has 27 heavy (non-hydrogen) atoms. The summed E-state index contributed by atoms with van der Waals surface area (Å²) in [5, 5.41) is 0. The van der Waals surface area contributed by atoms with E-state index in [1.807, 2.05) is 22.8 Å². The van der Waals surface area contributed by atoms with E-state index >= 15 is 0 Å². The largest absolute Gasteiger partial charge is 0.366 e. The first kappa shape index (κ1) is 17.7. The Bertz CT molecular complexity index is 829. The van der Waals surface area contributed by atoms with Crippen LogP contribution in [0.4, 0.5) is 16.0 Å². The van der Waals surface area contributed by atoms with Gasteiger partial charge < -0.3 is 14.7 Å². The molecule has 1 aromatic heterocycles. The molecule has 7 heteroatoms. The Morgan fingerprint density at radius 2 is 1.63 bits per heavy atom. The van der Waals surface area contributed by atoms with Gasteiger partial charge in [0.15, 0.2) is 0 Å². The second-order valence-corrected chi connectivity index (χ2v) is 7.12. The molecule has 0 bridgehead atoms. The van der Waals surface area contributed by atoms with Crippen molar-refractivity contribution in [2.75, 3.05) is 49.1 Å². The Hall–Kier alpha value is -2.70. The predicted octanol–water partition coefficient (Wildman–Crippen LogP) is 2.49. The number of hydrogen-bond donors (Lipinski definition) is 0. The van der Waals surface area contributed by atoms with Gasteiger partial charge >= 0.3 is 0 Å². The SMILES string of the molecule is Cc1cc(C(=O)N2CCCC2)nc(N2CCN(c3ccccc3F)CC2)n1. The summed E-state index contributed by atoms with van der Waals surface area (Å²) >= 11 is 0. The lowest BCUT2D eigenvalue weighted by Gasteiger charge is -2.36. The van der Waals surface area contributed by atoms with Gasteiger partial charge in [0.1, 0.15) is 11.5 Å². The smallest absolute Gasteiger partial charge is 0.272 e.